The molecule has 0 saturated heterocycles. The van der Waals surface area contributed by atoms with Crippen molar-refractivity contribution >= 4 is 0 Å². The molecule has 0 heterocycles. The van der Waals surface area contributed by atoms with Crippen molar-refractivity contribution in [2.75, 3.05) is 0 Å². The van der Waals surface area contributed by atoms with Gasteiger partial charge >= 0.3 is 0 Å². The fourth-order valence-electron chi connectivity index (χ4n) is 0.273. The first-order valence-electron chi connectivity index (χ1n) is 3.64. The van der Waals surface area contributed by atoms with Crippen LogP contribution >= 0.6 is 0 Å². The van der Waals surface area contributed by atoms with Gasteiger partial charge < -0.3 is 0 Å². The van der Waals surface area contributed by atoms with Gasteiger partial charge in [0.25, 0.3) is 12.9 Å². The fourth-order valence-corrected chi connectivity index (χ4v) is 0.273. The molecule has 0 aliphatic heterocycles. The Morgan fingerprint density at radius 1 is 0.625 bits per heavy atom. The van der Waals surface area contributed by atoms with E-state index in [0.29, 0.717) is 0 Å². The van der Waals surface area contributed by atoms with E-state index in [1.165, 1.54) is 0 Å². The SMILES string of the molecule is C=C(F)C(F)C(F)F.C=C(F)C(F)C(F)F. The zero-order valence-electron chi connectivity index (χ0n) is 7.75. The molecule has 0 rings (SSSR count). The molecule has 0 spiro atoms. The Labute approximate surface area is 86.2 Å². The van der Waals surface area contributed by atoms with Gasteiger partial charge in [-0.25, -0.2) is 35.1 Å². The van der Waals surface area contributed by atoms with E-state index in [-0.39, 0.29) is 0 Å². The quantitative estimate of drug-likeness (QED) is 0.663. The van der Waals surface area contributed by atoms with Crippen LogP contribution in [0.4, 0.5) is 35.1 Å². The summed E-state index contributed by atoms with van der Waals surface area (Å²) in [5, 5.41) is 0. The van der Waals surface area contributed by atoms with Gasteiger partial charge in [-0.3, -0.25) is 0 Å². The van der Waals surface area contributed by atoms with Crippen molar-refractivity contribution in [2.45, 2.75) is 25.2 Å². The lowest BCUT2D eigenvalue weighted by Gasteiger charge is -1.99. The maximum absolute atomic E-state index is 11.4. The second-order valence-electron chi connectivity index (χ2n) is 2.37. The van der Waals surface area contributed by atoms with E-state index in [1.54, 1.807) is 0 Å². The van der Waals surface area contributed by atoms with Crippen LogP contribution in [-0.4, -0.2) is 25.2 Å². The van der Waals surface area contributed by atoms with Crippen molar-refractivity contribution in [3.05, 3.63) is 24.8 Å². The number of hydrogen-bond donors (Lipinski definition) is 0. The lowest BCUT2D eigenvalue weighted by atomic mass is 10.4. The van der Waals surface area contributed by atoms with E-state index in [9.17, 15) is 35.1 Å². The average molecular weight is 256 g/mol. The molecule has 0 radical (unpaired) electrons. The summed E-state index contributed by atoms with van der Waals surface area (Å²) in [4.78, 5) is 0. The molecule has 0 nitrogen and oxygen atoms in total. The maximum Gasteiger partial charge on any atom is 0.275 e. The van der Waals surface area contributed by atoms with Crippen LogP contribution in [0.3, 0.4) is 0 Å². The standard InChI is InChI=1S/2C4H4F4/c2*1-2(5)3(6)4(7)8/h2*3-4H,1H2. The Morgan fingerprint density at radius 3 is 0.812 bits per heavy atom. The predicted octanol–water partition coefficient (Wildman–Crippen LogP) is 4.15. The van der Waals surface area contributed by atoms with Crippen molar-refractivity contribution < 1.29 is 35.1 Å². The van der Waals surface area contributed by atoms with E-state index >= 15 is 0 Å². The highest BCUT2D eigenvalue weighted by Gasteiger charge is 2.22. The summed E-state index contributed by atoms with van der Waals surface area (Å²) in [5.41, 5.74) is 0. The number of alkyl halides is 6. The van der Waals surface area contributed by atoms with Crippen molar-refractivity contribution in [1.82, 2.24) is 0 Å². The van der Waals surface area contributed by atoms with Crippen LogP contribution in [-0.2, 0) is 0 Å². The second-order valence-corrected chi connectivity index (χ2v) is 2.37. The van der Waals surface area contributed by atoms with Gasteiger partial charge in [0.15, 0.2) is 0 Å². The van der Waals surface area contributed by atoms with Crippen LogP contribution in [0.1, 0.15) is 0 Å². The normalized spacial score (nSPS) is 14.1. The third-order valence-corrected chi connectivity index (χ3v) is 1.04. The molecule has 0 N–H and O–H groups in total. The van der Waals surface area contributed by atoms with E-state index in [4.69, 9.17) is 0 Å². The molecule has 0 aliphatic carbocycles. The topological polar surface area (TPSA) is 0 Å². The van der Waals surface area contributed by atoms with Gasteiger partial charge in [-0.15, -0.1) is 0 Å². The average Bonchev–Trinajstić information content (AvgIpc) is 2.15. The van der Waals surface area contributed by atoms with Gasteiger partial charge in [-0.05, 0) is 0 Å². The van der Waals surface area contributed by atoms with Gasteiger partial charge in [-0.2, -0.15) is 0 Å². The largest absolute Gasteiger partial charge is 0.275 e. The Hall–Kier alpha value is -1.08. The molecule has 2 unspecified atom stereocenters. The molecule has 16 heavy (non-hydrogen) atoms. The first-order valence-corrected chi connectivity index (χ1v) is 3.64. The molecule has 0 saturated carbocycles. The highest BCUT2D eigenvalue weighted by molar-refractivity contribution is 4.91. The summed E-state index contributed by atoms with van der Waals surface area (Å²) in [6.07, 6.45) is -12.2. The monoisotopic (exact) mass is 256 g/mol. The molecule has 0 aliphatic rings. The number of hydrogen-bond acceptors (Lipinski definition) is 0. The van der Waals surface area contributed by atoms with Gasteiger partial charge in [-0.1, -0.05) is 13.2 Å². The van der Waals surface area contributed by atoms with Crippen molar-refractivity contribution in [1.29, 1.82) is 0 Å². The highest BCUT2D eigenvalue weighted by Crippen LogP contribution is 2.14. The Bertz CT molecular complexity index is 200. The summed E-state index contributed by atoms with van der Waals surface area (Å²) in [7, 11) is 0. The van der Waals surface area contributed by atoms with E-state index in [1.807, 2.05) is 0 Å². The summed E-state index contributed by atoms with van der Waals surface area (Å²) in [6.45, 7) is 4.71. The number of allylic oxidation sites excluding steroid dienone is 2. The van der Waals surface area contributed by atoms with E-state index < -0.39 is 36.8 Å². The van der Waals surface area contributed by atoms with Crippen LogP contribution in [0.5, 0.6) is 0 Å². The van der Waals surface area contributed by atoms with Crippen LogP contribution in [0.15, 0.2) is 24.8 Å². The third-order valence-electron chi connectivity index (χ3n) is 1.04. The minimum absolute atomic E-state index is 1.62. The second kappa shape index (κ2) is 8.12. The van der Waals surface area contributed by atoms with Gasteiger partial charge in [0.1, 0.15) is 11.7 Å². The minimum Gasteiger partial charge on any atom is -0.233 e. The molecule has 0 aromatic rings. The highest BCUT2D eigenvalue weighted by atomic mass is 19.3. The lowest BCUT2D eigenvalue weighted by molar-refractivity contribution is 0.0580. The smallest absolute Gasteiger partial charge is 0.233 e. The van der Waals surface area contributed by atoms with Crippen molar-refractivity contribution in [3.8, 4) is 0 Å². The van der Waals surface area contributed by atoms with E-state index in [0.717, 1.165) is 0 Å². The number of rotatable bonds is 4. The van der Waals surface area contributed by atoms with Crippen LogP contribution in [0.2, 0.25) is 0 Å². The van der Waals surface area contributed by atoms with Crippen LogP contribution < -0.4 is 0 Å². The first-order chi connectivity index (χ1) is 7.11. The molecule has 0 aromatic carbocycles. The molecule has 96 valence electrons. The van der Waals surface area contributed by atoms with Gasteiger partial charge in [0.2, 0.25) is 12.3 Å². The summed E-state index contributed by atoms with van der Waals surface area (Å²) in [6, 6.07) is 0. The molecule has 0 bridgehead atoms. The van der Waals surface area contributed by atoms with Gasteiger partial charge in [0, 0.05) is 0 Å². The Kier molecular flexibility index (Phi) is 8.79. The van der Waals surface area contributed by atoms with Crippen molar-refractivity contribution in [2.24, 2.45) is 0 Å². The Morgan fingerprint density at radius 2 is 0.812 bits per heavy atom. The Balaban J connectivity index is 0. The van der Waals surface area contributed by atoms with Crippen LogP contribution in [0, 0.1) is 0 Å². The molecule has 2 atom stereocenters. The summed E-state index contributed by atoms with van der Waals surface area (Å²) < 4.78 is 89.5. The maximum atomic E-state index is 11.4. The fraction of sp³-hybridized carbons (Fsp3) is 0.500. The molecule has 8 heteroatoms. The van der Waals surface area contributed by atoms with Crippen LogP contribution in [0.25, 0.3) is 0 Å². The summed E-state index contributed by atoms with van der Waals surface area (Å²) in [5.74, 6) is -3.25. The molecule has 0 aromatic heterocycles. The molecular weight excluding hydrogens is 248 g/mol. The summed E-state index contributed by atoms with van der Waals surface area (Å²) >= 11 is 0. The first kappa shape index (κ1) is 17.3. The third kappa shape index (κ3) is 8.25. The molecule has 0 fully saturated rings. The molecular formula is C8H8F8. The number of halogens is 8. The van der Waals surface area contributed by atoms with E-state index in [2.05, 4.69) is 13.2 Å². The zero-order valence-corrected chi connectivity index (χ0v) is 7.75. The molecule has 0 amide bonds. The lowest BCUT2D eigenvalue weighted by Crippen LogP contribution is -2.11. The minimum atomic E-state index is -3.30. The predicted molar refractivity (Wildman–Crippen MR) is 42.3 cm³/mol. The van der Waals surface area contributed by atoms with Crippen molar-refractivity contribution in [3.63, 3.8) is 0 Å². The van der Waals surface area contributed by atoms with Gasteiger partial charge in [0.05, 0.1) is 0 Å². The zero-order chi connectivity index (χ0) is 13.5.